The third-order valence-corrected chi connectivity index (χ3v) is 5.61. The molecule has 1 unspecified atom stereocenters. The number of esters is 1. The Kier molecular flexibility index (Phi) is 8.80. The molecule has 1 saturated heterocycles. The van der Waals surface area contributed by atoms with Crippen LogP contribution in [-0.4, -0.2) is 56.9 Å². The fraction of sp³-hybridized carbons (Fsp3) is 0.519. The number of ether oxygens (including phenoxy) is 5. The zero-order valence-electron chi connectivity index (χ0n) is 21.2. The second-order valence-corrected chi connectivity index (χ2v) is 9.52. The second kappa shape index (κ2) is 11.6. The number of aryl methyl sites for hydroxylation is 1. The Hall–Kier alpha value is -2.77. The van der Waals surface area contributed by atoms with Crippen LogP contribution in [0, 0.1) is 6.92 Å². The van der Waals surface area contributed by atoms with Gasteiger partial charge in [0.1, 0.15) is 29.5 Å². The van der Waals surface area contributed by atoms with E-state index in [1.54, 1.807) is 14.2 Å². The molecule has 34 heavy (non-hydrogen) atoms. The van der Waals surface area contributed by atoms with Gasteiger partial charge in [-0.2, -0.15) is 0 Å². The van der Waals surface area contributed by atoms with E-state index in [0.717, 1.165) is 47.0 Å². The molecule has 0 N–H and O–H groups in total. The molecule has 1 aliphatic rings. The number of hydrogen-bond donors (Lipinski definition) is 0. The first-order valence-electron chi connectivity index (χ1n) is 11.7. The van der Waals surface area contributed by atoms with E-state index in [0.29, 0.717) is 26.2 Å². The largest absolute Gasteiger partial charge is 0.497 e. The minimum absolute atomic E-state index is 0.0379. The molecule has 2 aromatic carbocycles. The van der Waals surface area contributed by atoms with Crippen LogP contribution in [0.5, 0.6) is 17.2 Å². The number of rotatable bonds is 9. The topological polar surface area (TPSA) is 66.5 Å². The van der Waals surface area contributed by atoms with Crippen molar-refractivity contribution in [3.8, 4) is 17.2 Å². The van der Waals surface area contributed by atoms with Crippen molar-refractivity contribution >= 4 is 5.97 Å². The van der Waals surface area contributed by atoms with Crippen molar-refractivity contribution < 1.29 is 28.5 Å². The summed E-state index contributed by atoms with van der Waals surface area (Å²) in [6.45, 7) is 11.0. The van der Waals surface area contributed by atoms with Gasteiger partial charge in [0.25, 0.3) is 0 Å². The maximum atomic E-state index is 12.1. The number of morpholine rings is 1. The quantitative estimate of drug-likeness (QED) is 0.491. The molecule has 0 aromatic heterocycles. The van der Waals surface area contributed by atoms with E-state index >= 15 is 0 Å². The second-order valence-electron chi connectivity index (χ2n) is 9.52. The maximum Gasteiger partial charge on any atom is 0.307 e. The van der Waals surface area contributed by atoms with Gasteiger partial charge in [-0.05, 0) is 68.7 Å². The van der Waals surface area contributed by atoms with Crippen LogP contribution >= 0.6 is 0 Å². The standard InChI is InChI=1S/C27H37NO6/c1-19-13-21(33-18-20-14-22(30-5)16-23(15-20)31-6)7-8-24(19)25-17-28(11-12-32-25)10-9-26(29)34-27(2,3)4/h7-8,13-16,25H,9-12,17-18H2,1-6H3. The molecule has 1 aliphatic heterocycles. The zero-order valence-corrected chi connectivity index (χ0v) is 21.2. The van der Waals surface area contributed by atoms with E-state index in [1.807, 2.05) is 51.1 Å². The number of carbonyl (C=O) groups excluding carboxylic acids is 1. The van der Waals surface area contributed by atoms with E-state index in [4.69, 9.17) is 23.7 Å². The van der Waals surface area contributed by atoms with Crippen LogP contribution in [0.1, 0.15) is 50.0 Å². The first kappa shape index (κ1) is 25.8. The Bertz CT molecular complexity index is 946. The van der Waals surface area contributed by atoms with Gasteiger partial charge in [0.2, 0.25) is 0 Å². The van der Waals surface area contributed by atoms with Crippen molar-refractivity contribution in [2.45, 2.75) is 52.4 Å². The van der Waals surface area contributed by atoms with Crippen LogP contribution in [0.15, 0.2) is 36.4 Å². The third kappa shape index (κ3) is 7.64. The predicted octanol–water partition coefficient (Wildman–Crippen LogP) is 4.70. The Morgan fingerprint density at radius 2 is 1.76 bits per heavy atom. The lowest BCUT2D eigenvalue weighted by molar-refractivity contribution is -0.155. The molecule has 1 heterocycles. The highest BCUT2D eigenvalue weighted by atomic mass is 16.6. The van der Waals surface area contributed by atoms with E-state index in [-0.39, 0.29) is 12.1 Å². The zero-order chi connectivity index (χ0) is 24.7. The van der Waals surface area contributed by atoms with Gasteiger partial charge < -0.3 is 23.7 Å². The smallest absolute Gasteiger partial charge is 0.307 e. The monoisotopic (exact) mass is 471 g/mol. The number of hydrogen-bond acceptors (Lipinski definition) is 7. The Balaban J connectivity index is 1.57. The summed E-state index contributed by atoms with van der Waals surface area (Å²) in [6.07, 6.45) is 0.342. The molecule has 1 atom stereocenters. The fourth-order valence-electron chi connectivity index (χ4n) is 3.95. The lowest BCUT2D eigenvalue weighted by atomic mass is 10.0. The molecule has 7 nitrogen and oxygen atoms in total. The summed E-state index contributed by atoms with van der Waals surface area (Å²) in [5, 5.41) is 0. The van der Waals surface area contributed by atoms with Gasteiger partial charge in [-0.15, -0.1) is 0 Å². The molecule has 0 spiro atoms. The minimum atomic E-state index is -0.454. The van der Waals surface area contributed by atoms with Gasteiger partial charge in [-0.25, -0.2) is 0 Å². The molecule has 0 bridgehead atoms. The molecule has 0 radical (unpaired) electrons. The van der Waals surface area contributed by atoms with E-state index < -0.39 is 5.60 Å². The third-order valence-electron chi connectivity index (χ3n) is 5.61. The van der Waals surface area contributed by atoms with E-state index in [9.17, 15) is 4.79 Å². The summed E-state index contributed by atoms with van der Waals surface area (Å²) < 4.78 is 28.2. The maximum absolute atomic E-state index is 12.1. The molecule has 186 valence electrons. The van der Waals surface area contributed by atoms with E-state index in [2.05, 4.69) is 17.9 Å². The lowest BCUT2D eigenvalue weighted by Gasteiger charge is -2.33. The average molecular weight is 472 g/mol. The van der Waals surface area contributed by atoms with Gasteiger partial charge >= 0.3 is 5.97 Å². The normalized spacial score (nSPS) is 16.7. The van der Waals surface area contributed by atoms with Crippen LogP contribution in [-0.2, 0) is 20.9 Å². The highest BCUT2D eigenvalue weighted by molar-refractivity contribution is 5.70. The summed E-state index contributed by atoms with van der Waals surface area (Å²) in [6, 6.07) is 11.8. The molecule has 2 aromatic rings. The molecule has 0 amide bonds. The first-order valence-corrected chi connectivity index (χ1v) is 11.7. The van der Waals surface area contributed by atoms with Gasteiger partial charge in [-0.3, -0.25) is 9.69 Å². The molecule has 3 rings (SSSR count). The van der Waals surface area contributed by atoms with Crippen LogP contribution in [0.25, 0.3) is 0 Å². The molecule has 0 saturated carbocycles. The van der Waals surface area contributed by atoms with Crippen molar-refractivity contribution in [1.82, 2.24) is 4.90 Å². The molecular formula is C27H37NO6. The van der Waals surface area contributed by atoms with Crippen molar-refractivity contribution in [2.75, 3.05) is 40.5 Å². The van der Waals surface area contributed by atoms with Gasteiger partial charge in [0.05, 0.1) is 33.4 Å². The Morgan fingerprint density at radius 3 is 2.38 bits per heavy atom. The van der Waals surface area contributed by atoms with Gasteiger partial charge in [0, 0.05) is 25.7 Å². The summed E-state index contributed by atoms with van der Waals surface area (Å²) in [4.78, 5) is 14.3. The summed E-state index contributed by atoms with van der Waals surface area (Å²) in [7, 11) is 3.26. The Labute approximate surface area is 202 Å². The van der Waals surface area contributed by atoms with E-state index in [1.165, 1.54) is 0 Å². The van der Waals surface area contributed by atoms with Crippen LogP contribution in [0.2, 0.25) is 0 Å². The lowest BCUT2D eigenvalue weighted by Crippen LogP contribution is -2.40. The molecule has 0 aliphatic carbocycles. The highest BCUT2D eigenvalue weighted by Crippen LogP contribution is 2.29. The fourth-order valence-corrected chi connectivity index (χ4v) is 3.95. The molecule has 7 heteroatoms. The first-order chi connectivity index (χ1) is 16.2. The van der Waals surface area contributed by atoms with Gasteiger partial charge in [0.15, 0.2) is 0 Å². The number of nitrogens with zero attached hydrogens (tertiary/aromatic N) is 1. The summed E-state index contributed by atoms with van der Waals surface area (Å²) >= 11 is 0. The summed E-state index contributed by atoms with van der Waals surface area (Å²) in [5.74, 6) is 2.09. The number of benzene rings is 2. The van der Waals surface area contributed by atoms with Crippen LogP contribution in [0.4, 0.5) is 0 Å². The molecular weight excluding hydrogens is 434 g/mol. The van der Waals surface area contributed by atoms with Gasteiger partial charge in [-0.1, -0.05) is 6.07 Å². The van der Waals surface area contributed by atoms with Crippen molar-refractivity contribution in [2.24, 2.45) is 0 Å². The van der Waals surface area contributed by atoms with Crippen LogP contribution in [0.3, 0.4) is 0 Å². The highest BCUT2D eigenvalue weighted by Gasteiger charge is 2.25. The van der Waals surface area contributed by atoms with Crippen LogP contribution < -0.4 is 14.2 Å². The number of carbonyl (C=O) groups is 1. The molecule has 1 fully saturated rings. The SMILES string of the molecule is COc1cc(COc2ccc(C3CN(CCC(=O)OC(C)(C)C)CCO3)c(C)c2)cc(OC)c1. The van der Waals surface area contributed by atoms with Crippen molar-refractivity contribution in [1.29, 1.82) is 0 Å². The predicted molar refractivity (Wildman–Crippen MR) is 131 cm³/mol. The summed E-state index contributed by atoms with van der Waals surface area (Å²) in [5.41, 5.74) is 2.76. The van der Waals surface area contributed by atoms with Crippen molar-refractivity contribution in [3.05, 3.63) is 53.1 Å². The number of methoxy groups -OCH3 is 2. The minimum Gasteiger partial charge on any atom is -0.497 e. The Morgan fingerprint density at radius 1 is 1.06 bits per heavy atom. The average Bonchev–Trinajstić information content (AvgIpc) is 2.80. The van der Waals surface area contributed by atoms with Crippen molar-refractivity contribution in [3.63, 3.8) is 0 Å².